The van der Waals surface area contributed by atoms with Crippen LogP contribution in [0.1, 0.15) is 92.4 Å². The lowest BCUT2D eigenvalue weighted by Gasteiger charge is -2.30. The van der Waals surface area contributed by atoms with Crippen LogP contribution in [0.5, 0.6) is 0 Å². The number of hydrogen-bond donors (Lipinski definition) is 0. The molecule has 2 aromatic rings. The highest BCUT2D eigenvalue weighted by Crippen LogP contribution is 2.38. The first kappa shape index (κ1) is 27.1. The molecule has 0 N–H and O–H groups in total. The molecule has 0 unspecified atom stereocenters. The van der Waals surface area contributed by atoms with Crippen LogP contribution < -0.4 is 0 Å². The Morgan fingerprint density at radius 2 is 1.11 bits per heavy atom. The fraction of sp³-hybridized carbons (Fsp3) is 0.586. The second-order valence-electron chi connectivity index (χ2n) is 10.0. The van der Waals surface area contributed by atoms with Gasteiger partial charge in [-0.1, -0.05) is 24.3 Å². The Balaban J connectivity index is 1.30. The van der Waals surface area contributed by atoms with Crippen LogP contribution in [0.25, 0.3) is 0 Å². The summed E-state index contributed by atoms with van der Waals surface area (Å²) in [5.41, 5.74) is 1.25. The van der Waals surface area contributed by atoms with Crippen molar-refractivity contribution < 1.29 is 31.8 Å². The van der Waals surface area contributed by atoms with Crippen LogP contribution >= 0.6 is 0 Å². The molecule has 3 nitrogen and oxygen atoms in total. The molecule has 7 heteroatoms. The van der Waals surface area contributed by atoms with Crippen molar-refractivity contribution in [2.75, 3.05) is 13.7 Å². The summed E-state index contributed by atoms with van der Waals surface area (Å²) in [5.74, 6) is -3.33. The molecule has 0 spiro atoms. The zero-order valence-electron chi connectivity index (χ0n) is 21.1. The van der Waals surface area contributed by atoms with E-state index in [1.807, 2.05) is 0 Å². The van der Waals surface area contributed by atoms with E-state index < -0.39 is 23.3 Å². The molecule has 0 bridgehead atoms. The van der Waals surface area contributed by atoms with E-state index in [4.69, 9.17) is 14.2 Å². The molecule has 4 rings (SSSR count). The van der Waals surface area contributed by atoms with Crippen molar-refractivity contribution in [3.8, 4) is 0 Å². The highest BCUT2D eigenvalue weighted by molar-refractivity contribution is 5.30. The van der Waals surface area contributed by atoms with E-state index in [0.29, 0.717) is 43.4 Å². The van der Waals surface area contributed by atoms with Crippen LogP contribution in [0.15, 0.2) is 24.3 Å². The Hall–Kier alpha value is -1.96. The number of hydrogen-bond acceptors (Lipinski definition) is 3. The Kier molecular flexibility index (Phi) is 9.42. The van der Waals surface area contributed by atoms with Gasteiger partial charge in [0.05, 0.1) is 25.4 Å². The van der Waals surface area contributed by atoms with Gasteiger partial charge in [-0.2, -0.15) is 0 Å². The topological polar surface area (TPSA) is 27.7 Å². The van der Waals surface area contributed by atoms with Crippen LogP contribution in [0, 0.1) is 23.3 Å². The number of halogens is 4. The SMILES string of the molecule is CCOCc1ccc(C2CCC(OCc3ccc(C4CCC(OC)CC4)c(F)c3F)CC2)c(F)c1F. The van der Waals surface area contributed by atoms with Crippen LogP contribution in [-0.4, -0.2) is 25.9 Å². The molecule has 2 fully saturated rings. The van der Waals surface area contributed by atoms with E-state index in [2.05, 4.69) is 0 Å². The summed E-state index contributed by atoms with van der Waals surface area (Å²) in [5, 5.41) is 0. The maximum atomic E-state index is 14.9. The number of ether oxygens (including phenoxy) is 3. The molecule has 0 aromatic heterocycles. The fourth-order valence-electron chi connectivity index (χ4n) is 5.63. The molecule has 0 radical (unpaired) electrons. The summed E-state index contributed by atoms with van der Waals surface area (Å²) in [6, 6.07) is 6.57. The van der Waals surface area contributed by atoms with Gasteiger partial charge in [0.25, 0.3) is 0 Å². The minimum absolute atomic E-state index is 0.00890. The summed E-state index contributed by atoms with van der Waals surface area (Å²) in [4.78, 5) is 0. The van der Waals surface area contributed by atoms with E-state index in [0.717, 1.165) is 25.7 Å². The summed E-state index contributed by atoms with van der Waals surface area (Å²) < 4.78 is 75.3. The Bertz CT molecular complexity index is 1010. The second kappa shape index (κ2) is 12.5. The van der Waals surface area contributed by atoms with E-state index in [1.165, 1.54) is 0 Å². The Labute approximate surface area is 211 Å². The van der Waals surface area contributed by atoms with Crippen LogP contribution in [0.4, 0.5) is 17.6 Å². The molecule has 0 amide bonds. The largest absolute Gasteiger partial charge is 0.381 e. The van der Waals surface area contributed by atoms with Crippen LogP contribution in [0.3, 0.4) is 0 Å². The second-order valence-corrected chi connectivity index (χ2v) is 10.0. The van der Waals surface area contributed by atoms with Gasteiger partial charge in [-0.15, -0.1) is 0 Å². The van der Waals surface area contributed by atoms with Gasteiger partial charge in [0.2, 0.25) is 0 Å². The van der Waals surface area contributed by atoms with Gasteiger partial charge in [0, 0.05) is 24.8 Å². The van der Waals surface area contributed by atoms with Crippen LogP contribution in [0.2, 0.25) is 0 Å². The Morgan fingerprint density at radius 3 is 1.58 bits per heavy atom. The third kappa shape index (κ3) is 6.12. The zero-order chi connectivity index (χ0) is 25.7. The lowest BCUT2D eigenvalue weighted by Crippen LogP contribution is -2.22. The summed E-state index contributed by atoms with van der Waals surface area (Å²) in [6.45, 7) is 2.28. The quantitative estimate of drug-likeness (QED) is 0.325. The molecule has 198 valence electrons. The average Bonchev–Trinajstić information content (AvgIpc) is 2.91. The normalized spacial score (nSPS) is 24.7. The van der Waals surface area contributed by atoms with Gasteiger partial charge >= 0.3 is 0 Å². The molecule has 0 heterocycles. The average molecular weight is 509 g/mol. The van der Waals surface area contributed by atoms with Gasteiger partial charge in [-0.3, -0.25) is 0 Å². The monoisotopic (exact) mass is 508 g/mol. The molecular weight excluding hydrogens is 472 g/mol. The third-order valence-corrected chi connectivity index (χ3v) is 7.88. The molecule has 0 atom stereocenters. The third-order valence-electron chi connectivity index (χ3n) is 7.88. The van der Waals surface area contributed by atoms with Crippen molar-refractivity contribution in [3.63, 3.8) is 0 Å². The summed E-state index contributed by atoms with van der Waals surface area (Å²) in [6.07, 6.45) is 5.94. The van der Waals surface area contributed by atoms with Gasteiger partial charge < -0.3 is 14.2 Å². The molecule has 2 aliphatic rings. The number of rotatable bonds is 9. The molecule has 0 saturated heterocycles. The number of benzene rings is 2. The zero-order valence-corrected chi connectivity index (χ0v) is 21.1. The van der Waals surface area contributed by atoms with E-state index in [-0.39, 0.29) is 48.4 Å². The maximum absolute atomic E-state index is 14.9. The van der Waals surface area contributed by atoms with Crippen LogP contribution in [-0.2, 0) is 27.4 Å². The molecule has 2 aliphatic carbocycles. The van der Waals surface area contributed by atoms with Gasteiger partial charge in [0.1, 0.15) is 0 Å². The number of methoxy groups -OCH3 is 1. The highest BCUT2D eigenvalue weighted by atomic mass is 19.2. The van der Waals surface area contributed by atoms with Gasteiger partial charge in [-0.25, -0.2) is 17.6 Å². The first-order valence-corrected chi connectivity index (χ1v) is 13.1. The standard InChI is InChI=1S/C29H36F4O3/c1-3-35-16-20-8-14-24(28(32)26(20)30)19-6-12-23(13-7-19)36-17-21-9-15-25(29(33)27(21)31)18-4-10-22(34-2)11-5-18/h8-9,14-15,18-19,22-23H,3-7,10-13,16-17H2,1-2H3. The predicted octanol–water partition coefficient (Wildman–Crippen LogP) is 7.70. The molecule has 36 heavy (non-hydrogen) atoms. The smallest absolute Gasteiger partial charge is 0.164 e. The van der Waals surface area contributed by atoms with E-state index >= 15 is 0 Å². The van der Waals surface area contributed by atoms with E-state index in [9.17, 15) is 17.6 Å². The van der Waals surface area contributed by atoms with Crippen molar-refractivity contribution in [2.45, 2.75) is 95.5 Å². The summed E-state index contributed by atoms with van der Waals surface area (Å²) in [7, 11) is 1.69. The van der Waals surface area contributed by atoms with E-state index in [1.54, 1.807) is 38.3 Å². The van der Waals surface area contributed by atoms with Crippen molar-refractivity contribution in [1.29, 1.82) is 0 Å². The van der Waals surface area contributed by atoms with Gasteiger partial charge in [-0.05, 0) is 81.3 Å². The first-order valence-electron chi connectivity index (χ1n) is 13.1. The summed E-state index contributed by atoms with van der Waals surface area (Å²) >= 11 is 0. The van der Waals surface area contributed by atoms with Gasteiger partial charge in [0.15, 0.2) is 23.3 Å². The minimum Gasteiger partial charge on any atom is -0.381 e. The molecule has 2 saturated carbocycles. The van der Waals surface area contributed by atoms with Crippen molar-refractivity contribution >= 4 is 0 Å². The predicted molar refractivity (Wildman–Crippen MR) is 130 cm³/mol. The van der Waals surface area contributed by atoms with Crippen molar-refractivity contribution in [3.05, 3.63) is 69.8 Å². The maximum Gasteiger partial charge on any atom is 0.164 e. The molecule has 2 aromatic carbocycles. The Morgan fingerprint density at radius 1 is 0.639 bits per heavy atom. The molecule has 0 aliphatic heterocycles. The highest BCUT2D eigenvalue weighted by Gasteiger charge is 2.29. The van der Waals surface area contributed by atoms with Crippen molar-refractivity contribution in [2.24, 2.45) is 0 Å². The fourth-order valence-corrected chi connectivity index (χ4v) is 5.63. The lowest BCUT2D eigenvalue weighted by atomic mass is 9.82. The lowest BCUT2D eigenvalue weighted by molar-refractivity contribution is 0.0116. The first-order chi connectivity index (χ1) is 17.4. The van der Waals surface area contributed by atoms with Crippen molar-refractivity contribution in [1.82, 2.24) is 0 Å². The minimum atomic E-state index is -0.841. The molecular formula is C29H36F4O3.